The van der Waals surface area contributed by atoms with Crippen molar-refractivity contribution in [1.82, 2.24) is 9.80 Å². The zero-order valence-electron chi connectivity index (χ0n) is 12.5. The van der Waals surface area contributed by atoms with Gasteiger partial charge in [0.05, 0.1) is 11.5 Å². The number of nitro groups is 1. The van der Waals surface area contributed by atoms with E-state index < -0.39 is 4.92 Å². The molecule has 1 aliphatic rings. The van der Waals surface area contributed by atoms with Gasteiger partial charge in [-0.2, -0.15) is 0 Å². The Bertz CT molecular complexity index is 505. The van der Waals surface area contributed by atoms with Gasteiger partial charge in [-0.3, -0.25) is 24.7 Å². The van der Waals surface area contributed by atoms with Crippen molar-refractivity contribution in [1.29, 1.82) is 0 Å². The summed E-state index contributed by atoms with van der Waals surface area (Å²) in [4.78, 5) is 26.9. The predicted molar refractivity (Wildman–Crippen MR) is 80.6 cm³/mol. The van der Waals surface area contributed by atoms with Gasteiger partial charge in [0.2, 0.25) is 0 Å². The molecule has 0 saturated carbocycles. The molecule has 0 bridgehead atoms. The first-order chi connectivity index (χ1) is 9.97. The van der Waals surface area contributed by atoms with E-state index in [9.17, 15) is 14.9 Å². The summed E-state index contributed by atoms with van der Waals surface area (Å²) in [6.07, 6.45) is 0. The van der Waals surface area contributed by atoms with Gasteiger partial charge >= 0.3 is 0 Å². The molecule has 114 valence electrons. The Hall–Kier alpha value is -1.79. The van der Waals surface area contributed by atoms with Crippen molar-refractivity contribution < 1.29 is 9.72 Å². The minimum Gasteiger partial charge on any atom is -0.298 e. The second-order valence-electron chi connectivity index (χ2n) is 5.63. The van der Waals surface area contributed by atoms with Crippen molar-refractivity contribution in [3.05, 3.63) is 39.9 Å². The zero-order valence-corrected chi connectivity index (χ0v) is 12.5. The number of hydrogen-bond acceptors (Lipinski definition) is 5. The lowest BCUT2D eigenvalue weighted by atomic mass is 10.1. The minimum absolute atomic E-state index is 0.0112. The van der Waals surface area contributed by atoms with E-state index in [1.807, 2.05) is 0 Å². The maximum atomic E-state index is 12.2. The Kier molecular flexibility index (Phi) is 5.03. The average molecular weight is 291 g/mol. The molecule has 0 amide bonds. The number of hydrogen-bond donors (Lipinski definition) is 0. The molecule has 0 aromatic heterocycles. The van der Waals surface area contributed by atoms with Crippen LogP contribution in [0.2, 0.25) is 0 Å². The van der Waals surface area contributed by atoms with Crippen LogP contribution in [0, 0.1) is 10.1 Å². The van der Waals surface area contributed by atoms with E-state index in [0.29, 0.717) is 18.2 Å². The van der Waals surface area contributed by atoms with Crippen LogP contribution in [0.5, 0.6) is 0 Å². The monoisotopic (exact) mass is 291 g/mol. The van der Waals surface area contributed by atoms with E-state index >= 15 is 0 Å². The first-order valence-corrected chi connectivity index (χ1v) is 7.21. The van der Waals surface area contributed by atoms with Crippen LogP contribution in [0.4, 0.5) is 5.69 Å². The van der Waals surface area contributed by atoms with E-state index in [-0.39, 0.29) is 11.5 Å². The molecule has 2 rings (SSSR count). The molecule has 6 nitrogen and oxygen atoms in total. The number of nitrogens with zero attached hydrogens (tertiary/aromatic N) is 3. The normalized spacial score (nSPS) is 17.1. The maximum Gasteiger partial charge on any atom is 0.269 e. The SMILES string of the molecule is CC(C)N1CCN(CC(=O)c2ccc([N+](=O)[O-])cc2)CC1. The van der Waals surface area contributed by atoms with Gasteiger partial charge in [-0.15, -0.1) is 0 Å². The van der Waals surface area contributed by atoms with Crippen LogP contribution in [-0.2, 0) is 0 Å². The van der Waals surface area contributed by atoms with E-state index in [0.717, 1.165) is 26.2 Å². The Morgan fingerprint density at radius 2 is 1.76 bits per heavy atom. The second kappa shape index (κ2) is 6.78. The third kappa shape index (κ3) is 4.09. The van der Waals surface area contributed by atoms with Crippen molar-refractivity contribution >= 4 is 11.5 Å². The Balaban J connectivity index is 1.89. The Labute approximate surface area is 124 Å². The molecule has 0 unspecified atom stereocenters. The lowest BCUT2D eigenvalue weighted by Crippen LogP contribution is -2.50. The molecule has 0 N–H and O–H groups in total. The van der Waals surface area contributed by atoms with E-state index in [1.54, 1.807) is 0 Å². The summed E-state index contributed by atoms with van der Waals surface area (Å²) in [6, 6.07) is 6.36. The summed E-state index contributed by atoms with van der Waals surface area (Å²) in [5.41, 5.74) is 0.545. The third-order valence-corrected chi connectivity index (χ3v) is 3.90. The third-order valence-electron chi connectivity index (χ3n) is 3.90. The highest BCUT2D eigenvalue weighted by molar-refractivity contribution is 5.97. The lowest BCUT2D eigenvalue weighted by molar-refractivity contribution is -0.384. The van der Waals surface area contributed by atoms with Crippen molar-refractivity contribution in [3.63, 3.8) is 0 Å². The highest BCUT2D eigenvalue weighted by atomic mass is 16.6. The second-order valence-corrected chi connectivity index (χ2v) is 5.63. The molecule has 1 fully saturated rings. The number of Topliss-reactive ketones (excluding diaryl/α,β-unsaturated/α-hetero) is 1. The van der Waals surface area contributed by atoms with Crippen molar-refractivity contribution in [2.24, 2.45) is 0 Å². The number of benzene rings is 1. The van der Waals surface area contributed by atoms with Gasteiger partial charge in [-0.25, -0.2) is 0 Å². The molecule has 0 radical (unpaired) electrons. The van der Waals surface area contributed by atoms with Crippen LogP contribution in [0.3, 0.4) is 0 Å². The standard InChI is InChI=1S/C15H21N3O3/c1-12(2)17-9-7-16(8-10-17)11-15(19)13-3-5-14(6-4-13)18(20)21/h3-6,12H,7-11H2,1-2H3. The molecule has 6 heteroatoms. The molecule has 0 atom stereocenters. The molecule has 1 aliphatic heterocycles. The number of carbonyl (C=O) groups is 1. The highest BCUT2D eigenvalue weighted by Gasteiger charge is 2.21. The fourth-order valence-electron chi connectivity index (χ4n) is 2.50. The summed E-state index contributed by atoms with van der Waals surface area (Å²) in [5, 5.41) is 10.6. The maximum absolute atomic E-state index is 12.2. The molecule has 1 saturated heterocycles. The van der Waals surface area contributed by atoms with Gasteiger partial charge in [0, 0.05) is 49.9 Å². The summed E-state index contributed by atoms with van der Waals surface area (Å²) < 4.78 is 0. The van der Waals surface area contributed by atoms with Crippen LogP contribution in [0.1, 0.15) is 24.2 Å². The van der Waals surface area contributed by atoms with Gasteiger partial charge in [0.1, 0.15) is 0 Å². The van der Waals surface area contributed by atoms with Crippen molar-refractivity contribution in [2.75, 3.05) is 32.7 Å². The minimum atomic E-state index is -0.459. The first kappa shape index (κ1) is 15.6. The molecule has 0 spiro atoms. The summed E-state index contributed by atoms with van der Waals surface area (Å²) >= 11 is 0. The van der Waals surface area contributed by atoms with Gasteiger partial charge in [-0.05, 0) is 26.0 Å². The van der Waals surface area contributed by atoms with E-state index in [1.165, 1.54) is 24.3 Å². The van der Waals surface area contributed by atoms with Crippen LogP contribution >= 0.6 is 0 Å². The van der Waals surface area contributed by atoms with Crippen molar-refractivity contribution in [2.45, 2.75) is 19.9 Å². The van der Waals surface area contributed by atoms with E-state index in [2.05, 4.69) is 23.6 Å². The number of nitro benzene ring substituents is 1. The largest absolute Gasteiger partial charge is 0.298 e. The van der Waals surface area contributed by atoms with Gasteiger partial charge in [0.25, 0.3) is 5.69 Å². The van der Waals surface area contributed by atoms with E-state index in [4.69, 9.17) is 0 Å². The fourth-order valence-corrected chi connectivity index (χ4v) is 2.50. The summed E-state index contributed by atoms with van der Waals surface area (Å²) in [6.45, 7) is 8.46. The Morgan fingerprint density at radius 1 is 1.19 bits per heavy atom. The first-order valence-electron chi connectivity index (χ1n) is 7.21. The van der Waals surface area contributed by atoms with Crippen molar-refractivity contribution in [3.8, 4) is 0 Å². The summed E-state index contributed by atoms with van der Waals surface area (Å²) in [7, 11) is 0. The zero-order chi connectivity index (χ0) is 15.4. The van der Waals surface area contributed by atoms with Gasteiger partial charge < -0.3 is 0 Å². The quantitative estimate of drug-likeness (QED) is 0.470. The number of rotatable bonds is 5. The average Bonchev–Trinajstić information content (AvgIpc) is 2.47. The molecule has 0 aliphatic carbocycles. The molecular formula is C15H21N3O3. The highest BCUT2D eigenvalue weighted by Crippen LogP contribution is 2.13. The number of carbonyl (C=O) groups excluding carboxylic acids is 1. The van der Waals surface area contributed by atoms with Crippen LogP contribution in [0.25, 0.3) is 0 Å². The summed E-state index contributed by atoms with van der Waals surface area (Å²) in [5.74, 6) is 0.0166. The van der Waals surface area contributed by atoms with Gasteiger partial charge in [-0.1, -0.05) is 0 Å². The smallest absolute Gasteiger partial charge is 0.269 e. The number of ketones is 1. The topological polar surface area (TPSA) is 66.7 Å². The Morgan fingerprint density at radius 3 is 2.24 bits per heavy atom. The number of non-ortho nitro benzene ring substituents is 1. The molecular weight excluding hydrogens is 270 g/mol. The van der Waals surface area contributed by atoms with Gasteiger partial charge in [0.15, 0.2) is 5.78 Å². The molecule has 1 heterocycles. The molecule has 1 aromatic carbocycles. The van der Waals surface area contributed by atoms with Crippen LogP contribution < -0.4 is 0 Å². The number of piperazine rings is 1. The molecule has 1 aromatic rings. The van der Waals surface area contributed by atoms with Crippen LogP contribution in [-0.4, -0.2) is 59.3 Å². The fraction of sp³-hybridized carbons (Fsp3) is 0.533. The lowest BCUT2D eigenvalue weighted by Gasteiger charge is -2.36. The van der Waals surface area contributed by atoms with Crippen LogP contribution in [0.15, 0.2) is 24.3 Å². The molecule has 21 heavy (non-hydrogen) atoms. The predicted octanol–water partition coefficient (Wildman–Crippen LogP) is 1.80.